The van der Waals surface area contributed by atoms with Gasteiger partial charge in [-0.15, -0.1) is 0 Å². The molecule has 2 rings (SSSR count). The van der Waals surface area contributed by atoms with Gasteiger partial charge in [0.15, 0.2) is 0 Å². The Hall–Kier alpha value is -1.01. The van der Waals surface area contributed by atoms with E-state index in [-0.39, 0.29) is 5.97 Å². The number of esters is 1. The Balaban J connectivity index is 1.76. The molecule has 112 valence electrons. The summed E-state index contributed by atoms with van der Waals surface area (Å²) in [6, 6.07) is 2.08. The molecule has 20 heavy (non-hydrogen) atoms. The summed E-state index contributed by atoms with van der Waals surface area (Å²) in [6.45, 7) is 0. The van der Waals surface area contributed by atoms with E-state index in [0.29, 0.717) is 11.8 Å². The van der Waals surface area contributed by atoms with Crippen molar-refractivity contribution in [1.29, 1.82) is 0 Å². The van der Waals surface area contributed by atoms with Crippen LogP contribution in [0, 0.1) is 0 Å². The Morgan fingerprint density at radius 3 is 3.00 bits per heavy atom. The molecule has 1 aromatic rings. The zero-order valence-corrected chi connectivity index (χ0v) is 12.8. The van der Waals surface area contributed by atoms with Crippen LogP contribution in [0.2, 0.25) is 0 Å². The maximum atomic E-state index is 11.2. The molecule has 6 heteroatoms. The fourth-order valence-electron chi connectivity index (χ4n) is 2.51. The molecule has 1 fully saturated rings. The van der Waals surface area contributed by atoms with Crippen LogP contribution in [-0.4, -0.2) is 34.7 Å². The van der Waals surface area contributed by atoms with Gasteiger partial charge in [0.2, 0.25) is 0 Å². The number of hydrogen-bond donors (Lipinski definition) is 1. The summed E-state index contributed by atoms with van der Waals surface area (Å²) < 4.78 is 6.71. The Bertz CT molecular complexity index is 430. The molecule has 0 bridgehead atoms. The molecular weight excluding hydrogens is 274 g/mol. The predicted octanol–water partition coefficient (Wildman–Crippen LogP) is 2.12. The minimum atomic E-state index is -0.551. The summed E-state index contributed by atoms with van der Waals surface area (Å²) in [5, 5.41) is 4.63. The average Bonchev–Trinajstić information content (AvgIpc) is 2.96. The van der Waals surface area contributed by atoms with Crippen molar-refractivity contribution in [2.75, 3.05) is 12.9 Å². The van der Waals surface area contributed by atoms with Crippen molar-refractivity contribution >= 4 is 17.7 Å². The first kappa shape index (κ1) is 15.4. The lowest BCUT2D eigenvalue weighted by Crippen LogP contribution is -2.33. The number of nitrogens with zero attached hydrogens (tertiary/aromatic N) is 2. The van der Waals surface area contributed by atoms with Gasteiger partial charge in [-0.1, -0.05) is 19.3 Å². The molecule has 1 aliphatic carbocycles. The summed E-state index contributed by atoms with van der Waals surface area (Å²) in [4.78, 5) is 11.2. The normalized spacial score (nSPS) is 17.9. The van der Waals surface area contributed by atoms with E-state index < -0.39 is 6.04 Å². The molecule has 0 aromatic carbocycles. The van der Waals surface area contributed by atoms with Crippen LogP contribution in [0.3, 0.4) is 0 Å². The minimum Gasteiger partial charge on any atom is -0.468 e. The summed E-state index contributed by atoms with van der Waals surface area (Å²) in [6.07, 6.45) is 8.52. The van der Waals surface area contributed by atoms with E-state index in [1.165, 1.54) is 39.2 Å². The van der Waals surface area contributed by atoms with Gasteiger partial charge in [-0.05, 0) is 18.9 Å². The highest BCUT2D eigenvalue weighted by Gasteiger charge is 2.17. The lowest BCUT2D eigenvalue weighted by atomic mass is 9.96. The molecule has 1 aromatic heterocycles. The minimum absolute atomic E-state index is 0.356. The zero-order chi connectivity index (χ0) is 14.4. The van der Waals surface area contributed by atoms with E-state index >= 15 is 0 Å². The van der Waals surface area contributed by atoms with Crippen LogP contribution in [-0.2, 0) is 15.3 Å². The molecule has 1 saturated carbocycles. The quantitative estimate of drug-likeness (QED) is 0.814. The van der Waals surface area contributed by atoms with Crippen molar-refractivity contribution in [1.82, 2.24) is 9.78 Å². The van der Waals surface area contributed by atoms with E-state index in [1.54, 1.807) is 11.8 Å². The number of carbonyl (C=O) groups excluding carboxylic acids is 1. The number of hydrogen-bond acceptors (Lipinski definition) is 5. The van der Waals surface area contributed by atoms with Gasteiger partial charge in [0.1, 0.15) is 6.04 Å². The molecule has 0 amide bonds. The Labute approximate surface area is 124 Å². The third-order valence-corrected chi connectivity index (χ3v) is 4.76. The summed E-state index contributed by atoms with van der Waals surface area (Å²) in [7, 11) is 1.36. The second-order valence-electron chi connectivity index (χ2n) is 5.22. The van der Waals surface area contributed by atoms with Gasteiger partial charge in [0.05, 0.1) is 18.8 Å². The zero-order valence-electron chi connectivity index (χ0n) is 12.0. The molecule has 1 atom stereocenters. The monoisotopic (exact) mass is 297 g/mol. The van der Waals surface area contributed by atoms with Crippen molar-refractivity contribution in [2.45, 2.75) is 49.9 Å². The van der Waals surface area contributed by atoms with E-state index in [4.69, 9.17) is 5.73 Å². The van der Waals surface area contributed by atoms with Crippen LogP contribution in [0.5, 0.6) is 0 Å². The molecular formula is C14H23N3O2S. The van der Waals surface area contributed by atoms with Gasteiger partial charge in [0, 0.05) is 17.7 Å². The number of ether oxygens (including phenoxy) is 1. The first-order valence-corrected chi connectivity index (χ1v) is 8.31. The van der Waals surface area contributed by atoms with Crippen molar-refractivity contribution in [3.8, 4) is 0 Å². The van der Waals surface area contributed by atoms with Crippen LogP contribution in [0.25, 0.3) is 0 Å². The van der Waals surface area contributed by atoms with E-state index in [9.17, 15) is 4.79 Å². The van der Waals surface area contributed by atoms with E-state index in [1.807, 2.05) is 0 Å². The lowest BCUT2D eigenvalue weighted by molar-refractivity contribution is -0.141. The van der Waals surface area contributed by atoms with Crippen LogP contribution >= 0.6 is 11.8 Å². The van der Waals surface area contributed by atoms with Crippen molar-refractivity contribution in [3.63, 3.8) is 0 Å². The first-order valence-electron chi connectivity index (χ1n) is 7.16. The Morgan fingerprint density at radius 2 is 2.30 bits per heavy atom. The summed E-state index contributed by atoms with van der Waals surface area (Å²) in [5.41, 5.74) is 6.75. The van der Waals surface area contributed by atoms with Crippen molar-refractivity contribution < 1.29 is 9.53 Å². The van der Waals surface area contributed by atoms with Crippen molar-refractivity contribution in [2.24, 2.45) is 5.73 Å². The number of aromatic nitrogens is 2. The van der Waals surface area contributed by atoms with Crippen LogP contribution in [0.4, 0.5) is 0 Å². The SMILES string of the molecule is COC(=O)C(N)CSCc1ccn(C2CCCCC2)n1. The van der Waals surface area contributed by atoms with Crippen LogP contribution < -0.4 is 5.73 Å². The lowest BCUT2D eigenvalue weighted by Gasteiger charge is -2.21. The first-order chi connectivity index (χ1) is 9.70. The third-order valence-electron chi connectivity index (χ3n) is 3.66. The second kappa shape index (κ2) is 7.69. The van der Waals surface area contributed by atoms with Gasteiger partial charge in [-0.25, -0.2) is 0 Å². The molecule has 0 spiro atoms. The smallest absolute Gasteiger partial charge is 0.323 e. The van der Waals surface area contributed by atoms with E-state index in [0.717, 1.165) is 11.4 Å². The Kier molecular flexibility index (Phi) is 5.91. The molecule has 5 nitrogen and oxygen atoms in total. The van der Waals surface area contributed by atoms with E-state index in [2.05, 4.69) is 26.8 Å². The molecule has 1 aliphatic rings. The topological polar surface area (TPSA) is 70.1 Å². The largest absolute Gasteiger partial charge is 0.468 e. The number of carbonyl (C=O) groups is 1. The molecule has 1 unspecified atom stereocenters. The molecule has 0 aliphatic heterocycles. The number of nitrogens with two attached hydrogens (primary N) is 1. The fourth-order valence-corrected chi connectivity index (χ4v) is 3.38. The van der Waals surface area contributed by atoms with Gasteiger partial charge >= 0.3 is 5.97 Å². The highest BCUT2D eigenvalue weighted by atomic mass is 32.2. The van der Waals surface area contributed by atoms with Crippen molar-refractivity contribution in [3.05, 3.63) is 18.0 Å². The number of methoxy groups -OCH3 is 1. The van der Waals surface area contributed by atoms with Gasteiger partial charge in [0.25, 0.3) is 0 Å². The average molecular weight is 297 g/mol. The van der Waals surface area contributed by atoms with Crippen LogP contribution in [0.1, 0.15) is 43.8 Å². The third kappa shape index (κ3) is 4.24. The van der Waals surface area contributed by atoms with Gasteiger partial charge in [-0.2, -0.15) is 16.9 Å². The number of rotatable bonds is 6. The number of thioether (sulfide) groups is 1. The molecule has 2 N–H and O–H groups in total. The molecule has 1 heterocycles. The second-order valence-corrected chi connectivity index (χ2v) is 6.25. The van der Waals surface area contributed by atoms with Gasteiger partial charge < -0.3 is 10.5 Å². The Morgan fingerprint density at radius 1 is 1.55 bits per heavy atom. The molecule has 0 saturated heterocycles. The molecule has 0 radical (unpaired) electrons. The maximum Gasteiger partial charge on any atom is 0.323 e. The predicted molar refractivity (Wildman–Crippen MR) is 80.5 cm³/mol. The van der Waals surface area contributed by atoms with Gasteiger partial charge in [-0.3, -0.25) is 9.48 Å². The standard InChI is InChI=1S/C14H23N3O2S/c1-19-14(18)13(15)10-20-9-11-7-8-17(16-11)12-5-3-2-4-6-12/h7-8,12-13H,2-6,9-10,15H2,1H3. The van der Waals surface area contributed by atoms with Crippen LogP contribution in [0.15, 0.2) is 12.3 Å². The summed E-state index contributed by atoms with van der Waals surface area (Å²) in [5.74, 6) is 0.984. The maximum absolute atomic E-state index is 11.2. The summed E-state index contributed by atoms with van der Waals surface area (Å²) >= 11 is 1.62. The highest BCUT2D eigenvalue weighted by Crippen LogP contribution is 2.27. The highest BCUT2D eigenvalue weighted by molar-refractivity contribution is 7.98. The fraction of sp³-hybridized carbons (Fsp3) is 0.714.